The predicted molar refractivity (Wildman–Crippen MR) is 128 cm³/mol. The summed E-state index contributed by atoms with van der Waals surface area (Å²) in [6.07, 6.45) is 1.99. The van der Waals surface area contributed by atoms with Crippen molar-refractivity contribution < 1.29 is 24.2 Å². The van der Waals surface area contributed by atoms with Crippen LogP contribution in [0.25, 0.3) is 0 Å². The molecular weight excluding hydrogens is 495 g/mol. The minimum absolute atomic E-state index is 0.185. The first-order chi connectivity index (χ1) is 15.3. The van der Waals surface area contributed by atoms with E-state index in [1.807, 2.05) is 13.8 Å². The topological polar surface area (TPSA) is 120 Å². The van der Waals surface area contributed by atoms with Crippen LogP contribution in [-0.4, -0.2) is 69.2 Å². The number of allylic oxidation sites excluding steroid dienone is 1. The SMILES string of the molecule is C=CC[C@@H](C)C(=O)N[C@H](C(=O)N[C@@H](C)C(=O)N1CCC[C@@H](C(O)OCC(Cl)(Cl)Cl)N1)C(C)C. The highest BCUT2D eigenvalue weighted by Gasteiger charge is 2.34. The lowest BCUT2D eigenvalue weighted by Gasteiger charge is -2.37. The normalized spacial score (nSPS) is 20.5. The second kappa shape index (κ2) is 13.7. The van der Waals surface area contributed by atoms with E-state index in [0.717, 1.165) is 0 Å². The van der Waals surface area contributed by atoms with Crippen molar-refractivity contribution in [3.05, 3.63) is 12.7 Å². The molecule has 5 atom stereocenters. The van der Waals surface area contributed by atoms with Gasteiger partial charge in [0.1, 0.15) is 12.1 Å². The molecule has 0 aliphatic carbocycles. The van der Waals surface area contributed by atoms with Crippen molar-refractivity contribution in [2.24, 2.45) is 11.8 Å². The zero-order valence-electron chi connectivity index (χ0n) is 19.4. The molecule has 1 unspecified atom stereocenters. The van der Waals surface area contributed by atoms with Gasteiger partial charge >= 0.3 is 0 Å². The molecule has 4 N–H and O–H groups in total. The average Bonchev–Trinajstić information content (AvgIpc) is 2.74. The molecule has 12 heteroatoms. The molecule has 1 saturated heterocycles. The van der Waals surface area contributed by atoms with Crippen LogP contribution in [0.4, 0.5) is 0 Å². The first-order valence-corrected chi connectivity index (χ1v) is 12.1. The quantitative estimate of drug-likeness (QED) is 0.185. The minimum atomic E-state index is -1.67. The lowest BCUT2D eigenvalue weighted by atomic mass is 10.0. The van der Waals surface area contributed by atoms with Crippen LogP contribution in [0, 0.1) is 11.8 Å². The second-order valence-corrected chi connectivity index (χ2v) is 11.1. The summed E-state index contributed by atoms with van der Waals surface area (Å²) in [5, 5.41) is 17.0. The van der Waals surface area contributed by atoms with Crippen molar-refractivity contribution in [2.75, 3.05) is 13.2 Å². The summed E-state index contributed by atoms with van der Waals surface area (Å²) in [7, 11) is 0. The van der Waals surface area contributed by atoms with Crippen LogP contribution in [-0.2, 0) is 19.1 Å². The first kappa shape index (κ1) is 29.9. The zero-order chi connectivity index (χ0) is 25.3. The Labute approximate surface area is 210 Å². The van der Waals surface area contributed by atoms with Crippen molar-refractivity contribution in [3.8, 4) is 0 Å². The monoisotopic (exact) mass is 528 g/mol. The largest absolute Gasteiger partial charge is 0.367 e. The van der Waals surface area contributed by atoms with Crippen molar-refractivity contribution in [2.45, 2.75) is 75.2 Å². The highest BCUT2D eigenvalue weighted by atomic mass is 35.6. The number of halogens is 3. The number of nitrogens with one attached hydrogen (secondary N) is 3. The molecule has 3 amide bonds. The highest BCUT2D eigenvalue weighted by molar-refractivity contribution is 6.67. The molecule has 33 heavy (non-hydrogen) atoms. The molecule has 0 radical (unpaired) electrons. The van der Waals surface area contributed by atoms with Crippen LogP contribution < -0.4 is 16.1 Å². The van der Waals surface area contributed by atoms with E-state index in [1.165, 1.54) is 5.01 Å². The number of aliphatic hydroxyl groups is 1. The fourth-order valence-electron chi connectivity index (χ4n) is 3.26. The Morgan fingerprint density at radius 3 is 2.39 bits per heavy atom. The van der Waals surface area contributed by atoms with E-state index in [-0.39, 0.29) is 24.3 Å². The molecule has 1 fully saturated rings. The number of rotatable bonds is 11. The third-order valence-electron chi connectivity index (χ3n) is 5.19. The maximum Gasteiger partial charge on any atom is 0.258 e. The summed E-state index contributed by atoms with van der Waals surface area (Å²) in [6, 6.07) is -2.25. The number of hydrazine groups is 1. The lowest BCUT2D eigenvalue weighted by molar-refractivity contribution is -0.155. The standard InChI is InChI=1S/C21H35Cl3N4O5/c1-6-8-13(4)17(29)26-16(12(2)3)18(30)25-14(5)19(31)28-10-7-9-15(27-28)20(32)33-11-21(22,23)24/h6,12-16,20,27,32H,1,7-11H2,2-5H3,(H,25,30)(H,26,29)/t13-,14+,15+,16+,20?/m1/s1. The Balaban J connectivity index is 2.69. The smallest absolute Gasteiger partial charge is 0.258 e. The molecule has 0 aromatic heterocycles. The Bertz CT molecular complexity index is 689. The van der Waals surface area contributed by atoms with Gasteiger partial charge in [-0.05, 0) is 32.1 Å². The molecule has 1 aliphatic rings. The molecule has 190 valence electrons. The van der Waals surface area contributed by atoms with E-state index < -0.39 is 40.0 Å². The van der Waals surface area contributed by atoms with E-state index in [0.29, 0.717) is 25.8 Å². The molecule has 9 nitrogen and oxygen atoms in total. The van der Waals surface area contributed by atoms with E-state index in [1.54, 1.807) is 19.9 Å². The third-order valence-corrected chi connectivity index (χ3v) is 5.52. The van der Waals surface area contributed by atoms with Crippen molar-refractivity contribution in [1.29, 1.82) is 0 Å². The van der Waals surface area contributed by atoms with Crippen LogP contribution in [0.1, 0.15) is 47.0 Å². The number of hydrogen-bond acceptors (Lipinski definition) is 6. The van der Waals surface area contributed by atoms with E-state index in [2.05, 4.69) is 22.6 Å². The average molecular weight is 530 g/mol. The van der Waals surface area contributed by atoms with Crippen LogP contribution in [0.3, 0.4) is 0 Å². The van der Waals surface area contributed by atoms with E-state index in [4.69, 9.17) is 39.5 Å². The summed E-state index contributed by atoms with van der Waals surface area (Å²) >= 11 is 16.9. The van der Waals surface area contributed by atoms with Crippen molar-refractivity contribution >= 4 is 52.5 Å². The molecule has 1 heterocycles. The molecule has 0 aromatic rings. The Morgan fingerprint density at radius 1 is 1.21 bits per heavy atom. The molecular formula is C21H35Cl3N4O5. The van der Waals surface area contributed by atoms with Gasteiger partial charge in [-0.25, -0.2) is 5.43 Å². The first-order valence-electron chi connectivity index (χ1n) is 10.9. The fraction of sp³-hybridized carbons (Fsp3) is 0.762. The summed E-state index contributed by atoms with van der Waals surface area (Å²) in [5.74, 6) is -1.61. The van der Waals surface area contributed by atoms with Gasteiger partial charge in [0.05, 0.1) is 12.6 Å². The number of aliphatic hydroxyl groups excluding tert-OH is 1. The van der Waals surface area contributed by atoms with Gasteiger partial charge in [-0.15, -0.1) is 6.58 Å². The number of nitrogens with zero attached hydrogens (tertiary/aromatic N) is 1. The summed E-state index contributed by atoms with van der Waals surface area (Å²) in [5.41, 5.74) is 2.91. The molecule has 0 spiro atoms. The van der Waals surface area contributed by atoms with Gasteiger partial charge in [0.2, 0.25) is 15.6 Å². The highest BCUT2D eigenvalue weighted by Crippen LogP contribution is 2.27. The Kier molecular flexibility index (Phi) is 12.4. The lowest BCUT2D eigenvalue weighted by Crippen LogP contribution is -2.61. The summed E-state index contributed by atoms with van der Waals surface area (Å²) in [4.78, 5) is 38.1. The molecule has 1 aliphatic heterocycles. The maximum absolute atomic E-state index is 12.9. The van der Waals surface area contributed by atoms with Crippen LogP contribution >= 0.6 is 34.8 Å². The number of carbonyl (C=O) groups excluding carboxylic acids is 3. The van der Waals surface area contributed by atoms with Gasteiger partial charge in [0.15, 0.2) is 6.29 Å². The van der Waals surface area contributed by atoms with Gasteiger partial charge in [0, 0.05) is 12.5 Å². The number of amides is 3. The van der Waals surface area contributed by atoms with Crippen molar-refractivity contribution in [1.82, 2.24) is 21.1 Å². The van der Waals surface area contributed by atoms with Gasteiger partial charge < -0.3 is 20.5 Å². The predicted octanol–water partition coefficient (Wildman–Crippen LogP) is 2.04. The minimum Gasteiger partial charge on any atom is -0.367 e. The van der Waals surface area contributed by atoms with Gasteiger partial charge in [-0.3, -0.25) is 19.4 Å². The van der Waals surface area contributed by atoms with Crippen LogP contribution in [0.2, 0.25) is 0 Å². The summed E-state index contributed by atoms with van der Waals surface area (Å²) in [6.45, 7) is 10.6. The Hall–Kier alpha value is -1.10. The second-order valence-electron chi connectivity index (χ2n) is 8.57. The van der Waals surface area contributed by atoms with Crippen LogP contribution in [0.5, 0.6) is 0 Å². The van der Waals surface area contributed by atoms with Gasteiger partial charge in [-0.1, -0.05) is 61.7 Å². The number of hydrogen-bond donors (Lipinski definition) is 4. The van der Waals surface area contributed by atoms with Gasteiger partial charge in [-0.2, -0.15) is 0 Å². The zero-order valence-corrected chi connectivity index (χ0v) is 21.7. The Morgan fingerprint density at radius 2 is 1.85 bits per heavy atom. The molecule has 1 rings (SSSR count). The van der Waals surface area contributed by atoms with Gasteiger partial charge in [0.25, 0.3) is 5.91 Å². The molecule has 0 aromatic carbocycles. The maximum atomic E-state index is 12.9. The third kappa shape index (κ3) is 10.4. The number of alkyl halides is 3. The van der Waals surface area contributed by atoms with E-state index >= 15 is 0 Å². The number of ether oxygens (including phenoxy) is 1. The molecule has 0 saturated carbocycles. The molecule has 0 bridgehead atoms. The fourth-order valence-corrected chi connectivity index (χ4v) is 3.45. The van der Waals surface area contributed by atoms with E-state index in [9.17, 15) is 19.5 Å². The van der Waals surface area contributed by atoms with Crippen molar-refractivity contribution in [3.63, 3.8) is 0 Å². The summed E-state index contributed by atoms with van der Waals surface area (Å²) < 4.78 is 3.50. The number of carbonyl (C=O) groups is 3. The van der Waals surface area contributed by atoms with Crippen LogP contribution in [0.15, 0.2) is 12.7 Å².